The van der Waals surface area contributed by atoms with Crippen LogP contribution in [0.1, 0.15) is 25.3 Å². The highest BCUT2D eigenvalue weighted by molar-refractivity contribution is 14.0. The fraction of sp³-hybridized carbons (Fsp3) is 0.400. The maximum absolute atomic E-state index is 5.73. The molecule has 0 spiro atoms. The highest BCUT2D eigenvalue weighted by Crippen LogP contribution is 2.32. The van der Waals surface area contributed by atoms with Crippen LogP contribution in [0.15, 0.2) is 41.5 Å². The van der Waals surface area contributed by atoms with Crippen molar-refractivity contribution in [3.63, 3.8) is 0 Å². The molecule has 3 rings (SSSR count). The van der Waals surface area contributed by atoms with Gasteiger partial charge < -0.3 is 24.8 Å². The maximum atomic E-state index is 5.73. The van der Waals surface area contributed by atoms with E-state index in [0.29, 0.717) is 38.2 Å². The van der Waals surface area contributed by atoms with Gasteiger partial charge in [-0.25, -0.2) is 4.98 Å². The zero-order valence-electron chi connectivity index (χ0n) is 16.2. The summed E-state index contributed by atoms with van der Waals surface area (Å²) in [5, 5.41) is 6.54. The highest BCUT2D eigenvalue weighted by Gasteiger charge is 2.11. The molecule has 1 aromatic heterocycles. The predicted octanol–water partition coefficient (Wildman–Crippen LogP) is 3.84. The second-order valence-electron chi connectivity index (χ2n) is 6.12. The van der Waals surface area contributed by atoms with Gasteiger partial charge in [-0.15, -0.1) is 24.0 Å². The molecule has 0 amide bonds. The Bertz CT molecular complexity index is 769. The molecular formula is C20H27IN4O3. The van der Waals surface area contributed by atoms with Crippen molar-refractivity contribution < 1.29 is 14.2 Å². The molecule has 2 N–H and O–H groups in total. The van der Waals surface area contributed by atoms with Crippen molar-refractivity contribution in [1.29, 1.82) is 0 Å². The summed E-state index contributed by atoms with van der Waals surface area (Å²) in [5.41, 5.74) is 1.93. The van der Waals surface area contributed by atoms with Crippen molar-refractivity contribution in [2.45, 2.75) is 26.3 Å². The van der Waals surface area contributed by atoms with Gasteiger partial charge in [0.25, 0.3) is 0 Å². The third-order valence-corrected chi connectivity index (χ3v) is 3.95. The number of hydrogen-bond donors (Lipinski definition) is 2. The number of pyridine rings is 1. The number of benzene rings is 1. The standard InChI is InChI=1S/C20H26N4O3.HI/c1-3-9-27-19-8-5-15(13-22-19)14-23-20(21-2)24-16-6-7-17-18(12-16)26-11-4-10-25-17;/h5-8,12-13H,3-4,9-11,14H2,1-2H3,(H2,21,23,24);1H. The molecular weight excluding hydrogens is 471 g/mol. The van der Waals surface area contributed by atoms with Gasteiger partial charge in [0, 0.05) is 44.0 Å². The van der Waals surface area contributed by atoms with E-state index in [0.717, 1.165) is 35.6 Å². The minimum atomic E-state index is 0. The number of rotatable bonds is 6. The lowest BCUT2D eigenvalue weighted by Gasteiger charge is -2.14. The average Bonchev–Trinajstić information content (AvgIpc) is 2.95. The van der Waals surface area contributed by atoms with Gasteiger partial charge in [0.05, 0.1) is 19.8 Å². The topological polar surface area (TPSA) is 77.0 Å². The van der Waals surface area contributed by atoms with Crippen LogP contribution in [0, 0.1) is 0 Å². The van der Waals surface area contributed by atoms with Gasteiger partial charge in [-0.3, -0.25) is 4.99 Å². The molecule has 0 aliphatic carbocycles. The summed E-state index contributed by atoms with van der Waals surface area (Å²) in [7, 11) is 1.73. The summed E-state index contributed by atoms with van der Waals surface area (Å²) >= 11 is 0. The van der Waals surface area contributed by atoms with Gasteiger partial charge in [0.15, 0.2) is 17.5 Å². The van der Waals surface area contributed by atoms with E-state index in [2.05, 4.69) is 27.5 Å². The van der Waals surface area contributed by atoms with Crippen LogP contribution >= 0.6 is 24.0 Å². The highest BCUT2D eigenvalue weighted by atomic mass is 127. The molecule has 0 bridgehead atoms. The SMILES string of the molecule is CCCOc1ccc(CNC(=NC)Nc2ccc3c(c2)OCCCO3)cn1.I. The summed E-state index contributed by atoms with van der Waals surface area (Å²) in [6, 6.07) is 9.66. The first-order valence-electron chi connectivity index (χ1n) is 9.23. The lowest BCUT2D eigenvalue weighted by Crippen LogP contribution is -2.30. The normalized spacial score (nSPS) is 13.1. The Morgan fingerprint density at radius 3 is 2.71 bits per heavy atom. The van der Waals surface area contributed by atoms with Crippen molar-refractivity contribution in [3.05, 3.63) is 42.1 Å². The van der Waals surface area contributed by atoms with Crippen LogP contribution in [0.4, 0.5) is 5.69 Å². The van der Waals surface area contributed by atoms with Gasteiger partial charge in [-0.05, 0) is 24.1 Å². The largest absolute Gasteiger partial charge is 0.490 e. The molecule has 7 nitrogen and oxygen atoms in total. The second-order valence-corrected chi connectivity index (χ2v) is 6.12. The number of nitrogens with one attached hydrogen (secondary N) is 2. The number of halogens is 1. The third-order valence-electron chi connectivity index (χ3n) is 3.95. The fourth-order valence-electron chi connectivity index (χ4n) is 2.55. The third kappa shape index (κ3) is 6.43. The molecule has 1 aliphatic rings. The minimum absolute atomic E-state index is 0. The van der Waals surface area contributed by atoms with E-state index in [9.17, 15) is 0 Å². The molecule has 1 aromatic carbocycles. The van der Waals surface area contributed by atoms with Crippen LogP contribution in [0.25, 0.3) is 0 Å². The summed E-state index contributed by atoms with van der Waals surface area (Å²) in [6.07, 6.45) is 3.66. The van der Waals surface area contributed by atoms with E-state index in [1.54, 1.807) is 13.2 Å². The summed E-state index contributed by atoms with van der Waals surface area (Å²) in [6.45, 7) is 4.69. The van der Waals surface area contributed by atoms with Gasteiger partial charge in [-0.1, -0.05) is 13.0 Å². The lowest BCUT2D eigenvalue weighted by atomic mass is 10.2. The Hall–Kier alpha value is -2.23. The van der Waals surface area contributed by atoms with Crippen molar-refractivity contribution in [2.75, 3.05) is 32.2 Å². The van der Waals surface area contributed by atoms with Crippen molar-refractivity contribution >= 4 is 35.6 Å². The van der Waals surface area contributed by atoms with Crippen LogP contribution in [0.3, 0.4) is 0 Å². The monoisotopic (exact) mass is 498 g/mol. The zero-order chi connectivity index (χ0) is 18.9. The molecule has 1 aliphatic heterocycles. The molecule has 28 heavy (non-hydrogen) atoms. The Kier molecular flexibility index (Phi) is 9.12. The quantitative estimate of drug-likeness (QED) is 0.358. The summed E-state index contributed by atoms with van der Waals surface area (Å²) in [4.78, 5) is 8.57. The van der Waals surface area contributed by atoms with E-state index < -0.39 is 0 Å². The number of aromatic nitrogens is 1. The Labute approximate surface area is 182 Å². The lowest BCUT2D eigenvalue weighted by molar-refractivity contribution is 0.297. The fourth-order valence-corrected chi connectivity index (χ4v) is 2.55. The van der Waals surface area contributed by atoms with Crippen molar-refractivity contribution in [3.8, 4) is 17.4 Å². The van der Waals surface area contributed by atoms with Crippen LogP contribution in [0.2, 0.25) is 0 Å². The first-order valence-corrected chi connectivity index (χ1v) is 9.23. The van der Waals surface area contributed by atoms with Gasteiger partial charge in [0.2, 0.25) is 5.88 Å². The Morgan fingerprint density at radius 1 is 1.18 bits per heavy atom. The minimum Gasteiger partial charge on any atom is -0.490 e. The predicted molar refractivity (Wildman–Crippen MR) is 121 cm³/mol. The van der Waals surface area contributed by atoms with Crippen molar-refractivity contribution in [2.24, 2.45) is 4.99 Å². The summed E-state index contributed by atoms with van der Waals surface area (Å²) in [5.74, 6) is 2.84. The molecule has 8 heteroatoms. The second kappa shape index (κ2) is 11.6. The molecule has 0 radical (unpaired) electrons. The number of guanidine groups is 1. The molecule has 2 heterocycles. The zero-order valence-corrected chi connectivity index (χ0v) is 18.6. The smallest absolute Gasteiger partial charge is 0.213 e. The number of hydrogen-bond acceptors (Lipinski definition) is 5. The first kappa shape index (κ1) is 22.1. The van der Waals surface area contributed by atoms with Crippen molar-refractivity contribution in [1.82, 2.24) is 10.3 Å². The maximum Gasteiger partial charge on any atom is 0.213 e. The van der Waals surface area contributed by atoms with Gasteiger partial charge in [0.1, 0.15) is 0 Å². The number of fused-ring (bicyclic) bond motifs is 1. The van der Waals surface area contributed by atoms with Crippen LogP contribution in [0.5, 0.6) is 17.4 Å². The molecule has 0 atom stereocenters. The van der Waals surface area contributed by atoms with Crippen LogP contribution in [-0.4, -0.2) is 37.8 Å². The van der Waals surface area contributed by atoms with E-state index >= 15 is 0 Å². The molecule has 152 valence electrons. The van der Waals surface area contributed by atoms with Crippen LogP contribution < -0.4 is 24.8 Å². The van der Waals surface area contributed by atoms with E-state index in [-0.39, 0.29) is 24.0 Å². The van der Waals surface area contributed by atoms with Gasteiger partial charge >= 0.3 is 0 Å². The molecule has 0 fully saturated rings. The molecule has 2 aromatic rings. The van der Waals surface area contributed by atoms with E-state index in [1.165, 1.54) is 0 Å². The van der Waals surface area contributed by atoms with Gasteiger partial charge in [-0.2, -0.15) is 0 Å². The molecule has 0 saturated heterocycles. The average molecular weight is 498 g/mol. The Balaban J connectivity index is 0.00000280. The number of nitrogens with zero attached hydrogens (tertiary/aromatic N) is 2. The summed E-state index contributed by atoms with van der Waals surface area (Å²) < 4.78 is 16.9. The number of ether oxygens (including phenoxy) is 3. The first-order chi connectivity index (χ1) is 13.3. The molecule has 0 unspecified atom stereocenters. The van der Waals surface area contributed by atoms with E-state index in [1.807, 2.05) is 30.3 Å². The molecule has 0 saturated carbocycles. The number of anilines is 1. The van der Waals surface area contributed by atoms with E-state index in [4.69, 9.17) is 14.2 Å². The number of aliphatic imine (C=N–C) groups is 1. The van der Waals surface area contributed by atoms with Crippen LogP contribution in [-0.2, 0) is 6.54 Å². The Morgan fingerprint density at radius 2 is 2.00 bits per heavy atom.